The number of nitrogens with zero attached hydrogens (tertiary/aromatic N) is 3. The highest BCUT2D eigenvalue weighted by molar-refractivity contribution is 5.77. The maximum Gasteiger partial charge on any atom is 0.419 e. The van der Waals surface area contributed by atoms with E-state index in [0.717, 1.165) is 11.6 Å². The zero-order chi connectivity index (χ0) is 23.8. The van der Waals surface area contributed by atoms with Crippen molar-refractivity contribution in [3.63, 3.8) is 0 Å². The van der Waals surface area contributed by atoms with Gasteiger partial charge in [-0.1, -0.05) is 36.4 Å². The molecule has 6 nitrogen and oxygen atoms in total. The molecule has 33 heavy (non-hydrogen) atoms. The molecule has 4 aromatic rings. The molecular weight excluding hydrogens is 440 g/mol. The van der Waals surface area contributed by atoms with Crippen LogP contribution >= 0.6 is 0 Å². The third-order valence-electron chi connectivity index (χ3n) is 5.25. The van der Waals surface area contributed by atoms with Gasteiger partial charge in [-0.2, -0.15) is 18.3 Å². The standard InChI is InChI=1S/C23H20F4N4O2/c1-13(16-8-9-17(18(24)10-16)23(25,26)27)31-21-20(22(32)29-14(2)28-21)19(30-31)12-33-11-15-6-4-3-5-7-15/h3-10,13H,11-12H2,1-2H3,(H,28,29,32). The first kappa shape index (κ1) is 22.7. The lowest BCUT2D eigenvalue weighted by atomic mass is 10.1. The highest BCUT2D eigenvalue weighted by Gasteiger charge is 2.34. The summed E-state index contributed by atoms with van der Waals surface area (Å²) in [5.41, 5.74) is 0.00688. The molecule has 4 rings (SSSR count). The van der Waals surface area contributed by atoms with Crippen LogP contribution < -0.4 is 5.56 Å². The molecule has 1 N–H and O–H groups in total. The molecule has 0 radical (unpaired) electrons. The van der Waals surface area contributed by atoms with Crippen LogP contribution in [0.3, 0.4) is 0 Å². The van der Waals surface area contributed by atoms with Gasteiger partial charge in [0.2, 0.25) is 0 Å². The van der Waals surface area contributed by atoms with E-state index in [1.54, 1.807) is 13.8 Å². The monoisotopic (exact) mass is 460 g/mol. The summed E-state index contributed by atoms with van der Waals surface area (Å²) in [6.45, 7) is 3.56. The minimum atomic E-state index is -4.79. The maximum absolute atomic E-state index is 14.2. The molecule has 0 saturated carbocycles. The number of aromatic amines is 1. The van der Waals surface area contributed by atoms with E-state index in [4.69, 9.17) is 4.74 Å². The Hall–Kier alpha value is -3.53. The predicted octanol–water partition coefficient (Wildman–Crippen LogP) is 4.91. The maximum atomic E-state index is 14.2. The number of aryl methyl sites for hydroxylation is 1. The number of halogens is 4. The normalized spacial score (nSPS) is 12.9. The van der Waals surface area contributed by atoms with Crippen molar-refractivity contribution in [2.75, 3.05) is 0 Å². The summed E-state index contributed by atoms with van der Waals surface area (Å²) in [6.07, 6.45) is -4.79. The van der Waals surface area contributed by atoms with Crippen LogP contribution in [-0.2, 0) is 24.1 Å². The largest absolute Gasteiger partial charge is 0.419 e. The van der Waals surface area contributed by atoms with Crippen molar-refractivity contribution in [2.45, 2.75) is 39.3 Å². The Morgan fingerprint density at radius 1 is 1.12 bits per heavy atom. The van der Waals surface area contributed by atoms with Gasteiger partial charge < -0.3 is 9.72 Å². The van der Waals surface area contributed by atoms with E-state index in [9.17, 15) is 22.4 Å². The summed E-state index contributed by atoms with van der Waals surface area (Å²) in [4.78, 5) is 19.6. The minimum Gasteiger partial charge on any atom is -0.370 e. The summed E-state index contributed by atoms with van der Waals surface area (Å²) >= 11 is 0. The molecule has 2 aromatic carbocycles. The number of benzene rings is 2. The number of rotatable bonds is 6. The van der Waals surface area contributed by atoms with Gasteiger partial charge in [0.15, 0.2) is 5.65 Å². The van der Waals surface area contributed by atoms with Crippen LogP contribution in [0.5, 0.6) is 0 Å². The summed E-state index contributed by atoms with van der Waals surface area (Å²) < 4.78 is 60.1. The number of hydrogen-bond donors (Lipinski definition) is 1. The van der Waals surface area contributed by atoms with Crippen LogP contribution in [0.25, 0.3) is 11.0 Å². The summed E-state index contributed by atoms with van der Waals surface area (Å²) in [6, 6.07) is 11.5. The molecule has 10 heteroatoms. The van der Waals surface area contributed by atoms with Crippen LogP contribution in [0.4, 0.5) is 17.6 Å². The number of fused-ring (bicyclic) bond motifs is 1. The molecule has 2 aromatic heterocycles. The van der Waals surface area contributed by atoms with Gasteiger partial charge in [-0.05, 0) is 37.1 Å². The van der Waals surface area contributed by atoms with Crippen LogP contribution in [0, 0.1) is 12.7 Å². The number of aromatic nitrogens is 4. The third kappa shape index (κ3) is 4.65. The van der Waals surface area contributed by atoms with Crippen molar-refractivity contribution in [3.8, 4) is 0 Å². The fourth-order valence-corrected chi connectivity index (χ4v) is 3.60. The average molecular weight is 460 g/mol. The Balaban J connectivity index is 1.70. The molecule has 0 aliphatic rings. The summed E-state index contributed by atoms with van der Waals surface area (Å²) in [5, 5.41) is 4.68. The lowest BCUT2D eigenvalue weighted by molar-refractivity contribution is -0.140. The van der Waals surface area contributed by atoms with E-state index in [1.807, 2.05) is 30.3 Å². The quantitative estimate of drug-likeness (QED) is 0.415. The fraction of sp³-hybridized carbons (Fsp3) is 0.261. The molecule has 0 bridgehead atoms. The molecule has 2 heterocycles. The molecular formula is C23H20F4N4O2. The Morgan fingerprint density at radius 2 is 1.85 bits per heavy atom. The fourth-order valence-electron chi connectivity index (χ4n) is 3.60. The molecule has 172 valence electrons. The van der Waals surface area contributed by atoms with Gasteiger partial charge in [-0.3, -0.25) is 4.79 Å². The van der Waals surface area contributed by atoms with Gasteiger partial charge in [0.05, 0.1) is 24.8 Å². The first-order valence-corrected chi connectivity index (χ1v) is 10.1. The first-order valence-electron chi connectivity index (χ1n) is 10.1. The van der Waals surface area contributed by atoms with Crippen LogP contribution in [0.15, 0.2) is 53.3 Å². The van der Waals surface area contributed by atoms with Gasteiger partial charge in [-0.15, -0.1) is 0 Å². The lowest BCUT2D eigenvalue weighted by Crippen LogP contribution is -2.14. The van der Waals surface area contributed by atoms with E-state index < -0.39 is 29.2 Å². The van der Waals surface area contributed by atoms with Crippen LogP contribution in [0.1, 0.15) is 41.2 Å². The van der Waals surface area contributed by atoms with E-state index in [0.29, 0.717) is 24.2 Å². The van der Waals surface area contributed by atoms with Crippen molar-refractivity contribution in [3.05, 3.63) is 92.9 Å². The second kappa shape index (κ2) is 8.78. The molecule has 1 atom stereocenters. The zero-order valence-corrected chi connectivity index (χ0v) is 17.8. The van der Waals surface area contributed by atoms with Crippen molar-refractivity contribution in [1.82, 2.24) is 19.7 Å². The molecule has 0 amide bonds. The van der Waals surface area contributed by atoms with Crippen LogP contribution in [-0.4, -0.2) is 19.7 Å². The number of hydrogen-bond acceptors (Lipinski definition) is 4. The highest BCUT2D eigenvalue weighted by atomic mass is 19.4. The highest BCUT2D eigenvalue weighted by Crippen LogP contribution is 2.33. The van der Waals surface area contributed by atoms with Gasteiger partial charge in [-0.25, -0.2) is 14.1 Å². The van der Waals surface area contributed by atoms with Crippen LogP contribution in [0.2, 0.25) is 0 Å². The molecule has 0 saturated heterocycles. The SMILES string of the molecule is Cc1nc2c(c(COCc3ccccc3)nn2C(C)c2ccc(C(F)(F)F)c(F)c2)c(=O)[nH]1. The molecule has 0 aliphatic carbocycles. The zero-order valence-electron chi connectivity index (χ0n) is 17.8. The van der Waals surface area contributed by atoms with Crippen molar-refractivity contribution in [2.24, 2.45) is 0 Å². The van der Waals surface area contributed by atoms with Crippen molar-refractivity contribution >= 4 is 11.0 Å². The van der Waals surface area contributed by atoms with Gasteiger partial charge in [0.1, 0.15) is 22.7 Å². The number of ether oxygens (including phenoxy) is 1. The van der Waals surface area contributed by atoms with Gasteiger partial charge in [0.25, 0.3) is 5.56 Å². The lowest BCUT2D eigenvalue weighted by Gasteiger charge is -2.15. The average Bonchev–Trinajstić information content (AvgIpc) is 3.11. The van der Waals surface area contributed by atoms with Gasteiger partial charge in [0, 0.05) is 0 Å². The summed E-state index contributed by atoms with van der Waals surface area (Å²) in [5.74, 6) is -1.03. The molecule has 0 fully saturated rings. The van der Waals surface area contributed by atoms with Crippen molar-refractivity contribution < 1.29 is 22.3 Å². The van der Waals surface area contributed by atoms with E-state index in [-0.39, 0.29) is 23.2 Å². The Kier molecular flexibility index (Phi) is 6.03. The smallest absolute Gasteiger partial charge is 0.370 e. The Morgan fingerprint density at radius 3 is 2.52 bits per heavy atom. The number of nitrogens with one attached hydrogen (secondary N) is 1. The second-order valence-electron chi connectivity index (χ2n) is 7.63. The second-order valence-corrected chi connectivity index (χ2v) is 7.63. The minimum absolute atomic E-state index is 0.0142. The Labute approximate surface area is 185 Å². The van der Waals surface area contributed by atoms with E-state index in [1.165, 1.54) is 10.7 Å². The number of H-pyrrole nitrogens is 1. The molecule has 0 spiro atoms. The third-order valence-corrected chi connectivity index (χ3v) is 5.25. The molecule has 1 unspecified atom stereocenters. The first-order chi connectivity index (χ1) is 15.6. The van der Waals surface area contributed by atoms with Crippen molar-refractivity contribution in [1.29, 1.82) is 0 Å². The van der Waals surface area contributed by atoms with E-state index in [2.05, 4.69) is 15.1 Å². The predicted molar refractivity (Wildman–Crippen MR) is 113 cm³/mol. The Bertz CT molecular complexity index is 1350. The van der Waals surface area contributed by atoms with Gasteiger partial charge >= 0.3 is 6.18 Å². The summed E-state index contributed by atoms with van der Waals surface area (Å²) in [7, 11) is 0. The topological polar surface area (TPSA) is 72.8 Å². The van der Waals surface area contributed by atoms with E-state index >= 15 is 0 Å². The molecule has 0 aliphatic heterocycles. The number of alkyl halides is 3.